The van der Waals surface area contributed by atoms with E-state index in [2.05, 4.69) is 49.7 Å². The van der Waals surface area contributed by atoms with Crippen LogP contribution in [0.4, 0.5) is 4.79 Å². The molecule has 2 aromatic carbocycles. The third kappa shape index (κ3) is 9.31. The van der Waals surface area contributed by atoms with Gasteiger partial charge in [0.1, 0.15) is 49.0 Å². The standard InChI is InChI=1S/C57H71NO14/c1-29-20-34-14-16-44-30(2)21-36(65-44)18-19-57-26-49-52(71-57)53-54(70-49)55(72-57)51-45(69-53)17-15-35(67-51)22-33(60)23-42-47(25-46(66-34)31(29)3)68-48(50(42)62-5)24-37(64-32(4)59)27-58-56(61)63-28-43-40-12-8-6-10-38(40)39-11-7-9-13-41(39)43/h6-13,29,34-37,42-55H,2-3,14-28H2,1,4-5H3,(H,58,61)/t29-,34+,35?,36+,37+,42+,44?,45?,46?,47+,48-,49+,50-,51?,52?,53+,54-,55+,57+/m1/s1. The molecule has 1 N–H and O–H groups in total. The molecule has 388 valence electrons. The number of carbonyl (C=O) groups is 3. The number of ether oxygens (including phenoxy) is 11. The monoisotopic (exact) mass is 993 g/mol. The third-order valence-electron chi connectivity index (χ3n) is 17.8. The third-order valence-corrected chi connectivity index (χ3v) is 17.8. The van der Waals surface area contributed by atoms with Crippen molar-refractivity contribution >= 4 is 17.8 Å². The SMILES string of the molecule is C=C1C[C@@H]2CC[C@@]34C[C@@H]5O[C@H]6[C@@H](O3)C3OC(CCC3O[C@H]6C5O4)CC(=O)C[C@@H]3[C@@H](OC)[C@@H](C[C@@H](CNC(=O)OCC4c5ccccc5-c5ccccc54)OC(C)=O)O[C@H]3CC3O[C@@H](CCC1O2)C[C@@H](C)C3=C. The maximum Gasteiger partial charge on any atom is 0.407 e. The first kappa shape index (κ1) is 48.9. The summed E-state index contributed by atoms with van der Waals surface area (Å²) in [5, 5.41) is 2.86. The fourth-order valence-electron chi connectivity index (χ4n) is 14.4. The van der Waals surface area contributed by atoms with E-state index >= 15 is 0 Å². The number of Topliss-reactive ketones (excluding diaryl/α,β-unsaturated/α-hetero) is 1. The number of hydrogen-bond acceptors (Lipinski definition) is 14. The molecule has 0 saturated carbocycles. The van der Waals surface area contributed by atoms with Crippen molar-refractivity contribution in [1.29, 1.82) is 0 Å². The highest BCUT2D eigenvalue weighted by molar-refractivity contribution is 5.80. The van der Waals surface area contributed by atoms with Crippen molar-refractivity contribution in [3.05, 3.63) is 84.0 Å². The summed E-state index contributed by atoms with van der Waals surface area (Å²) < 4.78 is 72.8. The second-order valence-electron chi connectivity index (χ2n) is 22.5. The topological polar surface area (TPSA) is 165 Å². The largest absolute Gasteiger partial charge is 0.461 e. The smallest absolute Gasteiger partial charge is 0.407 e. The Balaban J connectivity index is 0.767. The van der Waals surface area contributed by atoms with Gasteiger partial charge in [0.25, 0.3) is 0 Å². The van der Waals surface area contributed by atoms with E-state index < -0.39 is 48.4 Å². The van der Waals surface area contributed by atoms with Gasteiger partial charge in [-0.1, -0.05) is 68.6 Å². The number of esters is 1. The summed E-state index contributed by atoms with van der Waals surface area (Å²) in [4.78, 5) is 40.6. The summed E-state index contributed by atoms with van der Waals surface area (Å²) in [6.07, 6.45) is 2.13. The van der Waals surface area contributed by atoms with Crippen LogP contribution in [-0.4, -0.2) is 142 Å². The fraction of sp³-hybridized carbons (Fsp3) is 0.667. The van der Waals surface area contributed by atoms with Gasteiger partial charge in [-0.05, 0) is 84.3 Å². The highest BCUT2D eigenvalue weighted by Crippen LogP contribution is 2.55. The molecular weight excluding hydrogens is 923 g/mol. The second kappa shape index (κ2) is 19.9. The van der Waals surface area contributed by atoms with Gasteiger partial charge in [0.05, 0.1) is 67.6 Å². The minimum Gasteiger partial charge on any atom is -0.461 e. The lowest BCUT2D eigenvalue weighted by molar-refractivity contribution is -0.292. The number of fused-ring (bicyclic) bond motifs is 9. The highest BCUT2D eigenvalue weighted by atomic mass is 16.8. The van der Waals surface area contributed by atoms with Gasteiger partial charge in [0.2, 0.25) is 0 Å². The van der Waals surface area contributed by atoms with E-state index in [-0.39, 0.29) is 123 Å². The molecule has 0 radical (unpaired) electrons. The number of benzene rings is 2. The average Bonchev–Trinajstić information content (AvgIpc) is 4.12. The van der Waals surface area contributed by atoms with Gasteiger partial charge in [-0.3, -0.25) is 9.59 Å². The number of ketones is 1. The lowest BCUT2D eigenvalue weighted by Gasteiger charge is -2.47. The number of methoxy groups -OCH3 is 1. The molecule has 1 amide bonds. The Morgan fingerprint density at radius 3 is 2.24 bits per heavy atom. The number of carbonyl (C=O) groups excluding carboxylic acids is 3. The Labute approximate surface area is 422 Å². The molecule has 0 aromatic heterocycles. The number of alkyl carbamates (subject to hydrolysis) is 1. The Bertz CT molecular complexity index is 2370. The Hall–Kier alpha value is -4.03. The summed E-state index contributed by atoms with van der Waals surface area (Å²) in [6.45, 7) is 12.7. The van der Waals surface area contributed by atoms with Crippen LogP contribution in [0.5, 0.6) is 0 Å². The van der Waals surface area contributed by atoms with Crippen LogP contribution in [0.1, 0.15) is 114 Å². The molecular formula is C57H71NO14. The summed E-state index contributed by atoms with van der Waals surface area (Å²) in [5.74, 6) is -1.57. The zero-order valence-corrected chi connectivity index (χ0v) is 41.8. The van der Waals surface area contributed by atoms with Crippen LogP contribution >= 0.6 is 0 Å². The van der Waals surface area contributed by atoms with Gasteiger partial charge in [0.15, 0.2) is 5.79 Å². The molecule has 10 fully saturated rings. The molecule has 10 heterocycles. The molecule has 15 nitrogen and oxygen atoms in total. The lowest BCUT2D eigenvalue weighted by Crippen LogP contribution is -2.61. The zero-order chi connectivity index (χ0) is 49.4. The van der Waals surface area contributed by atoms with E-state index in [0.29, 0.717) is 25.7 Å². The molecule has 1 aliphatic carbocycles. The molecule has 11 aliphatic rings. The number of rotatable bonds is 8. The van der Waals surface area contributed by atoms with Gasteiger partial charge in [-0.15, -0.1) is 0 Å². The van der Waals surface area contributed by atoms with E-state index in [1.165, 1.54) is 6.92 Å². The predicted molar refractivity (Wildman–Crippen MR) is 260 cm³/mol. The minimum atomic E-state index is -0.829. The van der Waals surface area contributed by atoms with Gasteiger partial charge >= 0.3 is 12.1 Å². The van der Waals surface area contributed by atoms with Crippen LogP contribution in [0.2, 0.25) is 0 Å². The Morgan fingerprint density at radius 1 is 0.750 bits per heavy atom. The van der Waals surface area contributed by atoms with Crippen LogP contribution < -0.4 is 5.32 Å². The van der Waals surface area contributed by atoms with Crippen molar-refractivity contribution in [2.24, 2.45) is 11.8 Å². The first-order valence-corrected chi connectivity index (χ1v) is 26.8. The average molecular weight is 994 g/mol. The zero-order valence-electron chi connectivity index (χ0n) is 41.8. The maximum atomic E-state index is 14.6. The summed E-state index contributed by atoms with van der Waals surface area (Å²) in [7, 11) is 1.63. The van der Waals surface area contributed by atoms with Crippen molar-refractivity contribution in [3.63, 3.8) is 0 Å². The minimum absolute atomic E-state index is 0.00542. The molecule has 1 spiro atoms. The van der Waals surface area contributed by atoms with Gasteiger partial charge in [0, 0.05) is 64.4 Å². The van der Waals surface area contributed by atoms with Crippen molar-refractivity contribution in [3.8, 4) is 11.1 Å². The molecule has 10 saturated heterocycles. The molecule has 6 unspecified atom stereocenters. The molecule has 13 rings (SSSR count). The molecule has 19 atom stereocenters. The highest BCUT2D eigenvalue weighted by Gasteiger charge is 2.69. The van der Waals surface area contributed by atoms with E-state index in [0.717, 1.165) is 71.9 Å². The van der Waals surface area contributed by atoms with Crippen LogP contribution in [0.25, 0.3) is 11.1 Å². The predicted octanol–water partition coefficient (Wildman–Crippen LogP) is 7.59. The molecule has 2 aromatic rings. The summed E-state index contributed by atoms with van der Waals surface area (Å²) in [6, 6.07) is 16.4. The van der Waals surface area contributed by atoms with Crippen molar-refractivity contribution < 1.29 is 66.5 Å². The van der Waals surface area contributed by atoms with E-state index in [4.69, 9.17) is 52.1 Å². The van der Waals surface area contributed by atoms with Gasteiger partial charge < -0.3 is 57.4 Å². The molecule has 15 heteroatoms. The normalized spacial score (nSPS) is 41.5. The number of nitrogens with one attached hydrogen (secondary N) is 1. The Kier molecular flexibility index (Phi) is 13.5. The van der Waals surface area contributed by atoms with E-state index in [1.54, 1.807) is 7.11 Å². The molecule has 72 heavy (non-hydrogen) atoms. The van der Waals surface area contributed by atoms with Crippen molar-refractivity contribution in [1.82, 2.24) is 5.32 Å². The first-order valence-electron chi connectivity index (χ1n) is 26.8. The second-order valence-corrected chi connectivity index (χ2v) is 22.5. The molecule has 10 aliphatic heterocycles. The quantitative estimate of drug-likeness (QED) is 0.203. The van der Waals surface area contributed by atoms with E-state index in [9.17, 15) is 14.4 Å². The maximum absolute atomic E-state index is 14.6. The van der Waals surface area contributed by atoms with Crippen molar-refractivity contribution in [2.75, 3.05) is 20.3 Å². The first-order chi connectivity index (χ1) is 34.9. The van der Waals surface area contributed by atoms with Crippen LogP contribution in [0.15, 0.2) is 72.8 Å². The Morgan fingerprint density at radius 2 is 1.46 bits per heavy atom. The van der Waals surface area contributed by atoms with Crippen LogP contribution in [0, 0.1) is 11.8 Å². The van der Waals surface area contributed by atoms with E-state index in [1.807, 2.05) is 24.3 Å². The summed E-state index contributed by atoms with van der Waals surface area (Å²) >= 11 is 0. The summed E-state index contributed by atoms with van der Waals surface area (Å²) in [5.41, 5.74) is 6.60. The van der Waals surface area contributed by atoms with Gasteiger partial charge in [-0.2, -0.15) is 0 Å². The number of hydrogen-bond donors (Lipinski definition) is 1. The lowest BCUT2D eigenvalue weighted by atomic mass is 9.81. The molecule has 12 bridgehead atoms. The fourth-order valence-corrected chi connectivity index (χ4v) is 14.4. The van der Waals surface area contributed by atoms with Crippen LogP contribution in [0.3, 0.4) is 0 Å². The van der Waals surface area contributed by atoms with Gasteiger partial charge in [-0.25, -0.2) is 4.79 Å². The van der Waals surface area contributed by atoms with Crippen LogP contribution in [-0.2, 0) is 61.7 Å². The van der Waals surface area contributed by atoms with Crippen molar-refractivity contribution in [2.45, 2.75) is 207 Å². The number of amides is 1.